The Balaban J connectivity index is 3.40. The molecule has 0 N–H and O–H groups in total. The van der Waals surface area contributed by atoms with E-state index in [1.165, 1.54) is 6.07 Å². The lowest BCUT2D eigenvalue weighted by atomic mass is 10.2. The average Bonchev–Trinajstić information content (AvgIpc) is 2.14. The predicted octanol–water partition coefficient (Wildman–Crippen LogP) is 3.02. The highest BCUT2D eigenvalue weighted by Gasteiger charge is 2.24. The Hall–Kier alpha value is -0.0600. The topological polar surface area (TPSA) is 39.2 Å². The molecule has 0 unspecified atom stereocenters. The molecule has 1 aromatic rings. The van der Waals surface area contributed by atoms with Gasteiger partial charge in [0.05, 0.1) is 12.7 Å². The lowest BCUT2D eigenvalue weighted by molar-refractivity contribution is 0.0581. The fourth-order valence-corrected chi connectivity index (χ4v) is 2.89. The van der Waals surface area contributed by atoms with E-state index >= 15 is 0 Å². The van der Waals surface area contributed by atoms with Gasteiger partial charge in [0, 0.05) is 3.57 Å². The van der Waals surface area contributed by atoms with Gasteiger partial charge in [-0.2, -0.15) is 0 Å². The highest BCUT2D eigenvalue weighted by Crippen LogP contribution is 2.28. The summed E-state index contributed by atoms with van der Waals surface area (Å²) in [6.45, 7) is 0. The third kappa shape index (κ3) is 2.95. The molecule has 1 heterocycles. The Bertz CT molecular complexity index is 398. The summed E-state index contributed by atoms with van der Waals surface area (Å²) in [4.78, 5) is 15.0. The first kappa shape index (κ1) is 13.0. The maximum Gasteiger partial charge on any atom is 0.357 e. The number of halogens is 4. The first-order valence-electron chi connectivity index (χ1n) is 3.69. The summed E-state index contributed by atoms with van der Waals surface area (Å²) < 4.78 is 30.5. The van der Waals surface area contributed by atoms with Gasteiger partial charge in [-0.25, -0.2) is 18.6 Å². The second kappa shape index (κ2) is 5.32. The van der Waals surface area contributed by atoms with Gasteiger partial charge >= 0.3 is 5.97 Å². The van der Waals surface area contributed by atoms with Crippen LogP contribution in [-0.2, 0) is 4.74 Å². The van der Waals surface area contributed by atoms with Gasteiger partial charge < -0.3 is 4.74 Å². The van der Waals surface area contributed by atoms with Crippen LogP contribution in [0.15, 0.2) is 6.07 Å². The van der Waals surface area contributed by atoms with Gasteiger partial charge in [-0.3, -0.25) is 0 Å². The smallest absolute Gasteiger partial charge is 0.357 e. The minimum Gasteiger partial charge on any atom is -0.464 e. The molecule has 0 aromatic carbocycles. The van der Waals surface area contributed by atoms with Crippen LogP contribution in [0.1, 0.15) is 22.5 Å². The van der Waals surface area contributed by atoms with Crippen LogP contribution in [0.2, 0.25) is 0 Å². The van der Waals surface area contributed by atoms with E-state index in [4.69, 9.17) is 0 Å². The number of ether oxygens (including phenoxy) is 1. The number of rotatable bonds is 2. The van der Waals surface area contributed by atoms with Crippen molar-refractivity contribution in [3.05, 3.63) is 24.6 Å². The molecule has 0 atom stereocenters. The highest BCUT2D eigenvalue weighted by molar-refractivity contribution is 14.1. The number of alkyl halides is 2. The van der Waals surface area contributed by atoms with Crippen molar-refractivity contribution in [2.75, 3.05) is 7.11 Å². The zero-order valence-corrected chi connectivity index (χ0v) is 11.7. The summed E-state index contributed by atoms with van der Waals surface area (Å²) in [7, 11) is 1.13. The van der Waals surface area contributed by atoms with Gasteiger partial charge in [-0.05, 0) is 51.2 Å². The van der Waals surface area contributed by atoms with Crippen molar-refractivity contribution in [1.29, 1.82) is 0 Å². The van der Waals surface area contributed by atoms with E-state index in [0.717, 1.165) is 7.11 Å². The number of hydrogen-bond acceptors (Lipinski definition) is 3. The molecule has 7 heteroatoms. The van der Waals surface area contributed by atoms with Crippen LogP contribution < -0.4 is 0 Å². The van der Waals surface area contributed by atoms with Crippen LogP contribution in [0.3, 0.4) is 0 Å². The van der Waals surface area contributed by atoms with Gasteiger partial charge in [-0.1, -0.05) is 0 Å². The Kier molecular flexibility index (Phi) is 4.62. The molecule has 0 aliphatic rings. The minimum absolute atomic E-state index is 0.308. The molecule has 0 saturated heterocycles. The zero-order chi connectivity index (χ0) is 11.6. The maximum absolute atomic E-state index is 12.7. The number of hydrogen-bond donors (Lipinski definition) is 0. The third-order valence-electron chi connectivity index (χ3n) is 1.57. The molecule has 0 bridgehead atoms. The second-order valence-corrected chi connectivity index (χ2v) is 4.75. The normalized spacial score (nSPS) is 10.5. The Morgan fingerprint density at radius 3 is 2.60 bits per heavy atom. The maximum atomic E-state index is 12.7. The molecule has 0 fully saturated rings. The number of methoxy groups -OCH3 is 1. The molecule has 1 aromatic heterocycles. The van der Waals surface area contributed by atoms with Crippen LogP contribution in [0, 0.1) is 7.27 Å². The number of esters is 1. The van der Waals surface area contributed by atoms with E-state index in [9.17, 15) is 13.6 Å². The van der Waals surface area contributed by atoms with E-state index in [1.807, 2.05) is 22.6 Å². The van der Waals surface area contributed by atoms with Crippen molar-refractivity contribution in [1.82, 2.24) is 4.98 Å². The molecule has 1 rings (SSSR count). The SMILES string of the molecule is COC(=O)c1nc(I)cc(I)c1C(F)F. The van der Waals surface area contributed by atoms with Crippen molar-refractivity contribution >= 4 is 51.2 Å². The first-order valence-corrected chi connectivity index (χ1v) is 5.85. The lowest BCUT2D eigenvalue weighted by Crippen LogP contribution is -2.11. The fourth-order valence-electron chi connectivity index (χ4n) is 0.955. The zero-order valence-electron chi connectivity index (χ0n) is 7.43. The summed E-state index contributed by atoms with van der Waals surface area (Å²) in [5.74, 6) is -0.846. The van der Waals surface area contributed by atoms with Crippen molar-refractivity contribution in [2.24, 2.45) is 0 Å². The van der Waals surface area contributed by atoms with Crippen LogP contribution in [0.5, 0.6) is 0 Å². The van der Waals surface area contributed by atoms with Gasteiger partial charge in [0.25, 0.3) is 6.43 Å². The summed E-state index contributed by atoms with van der Waals surface area (Å²) in [6.07, 6.45) is -2.74. The number of carbonyl (C=O) groups is 1. The summed E-state index contributed by atoms with van der Waals surface area (Å²) in [5, 5.41) is 0. The number of aromatic nitrogens is 1. The third-order valence-corrected chi connectivity index (χ3v) is 3.02. The molecule has 82 valence electrons. The standard InChI is InChI=1S/C8H5F2I2NO2/c1-15-8(14)6-5(7(9)10)3(11)2-4(12)13-6/h2,7H,1H3. The molecular formula is C8H5F2I2NO2. The Morgan fingerprint density at radius 1 is 1.53 bits per heavy atom. The quantitative estimate of drug-likeness (QED) is 0.405. The van der Waals surface area contributed by atoms with Crippen LogP contribution in [-0.4, -0.2) is 18.1 Å². The molecule has 3 nitrogen and oxygen atoms in total. The van der Waals surface area contributed by atoms with E-state index < -0.39 is 12.4 Å². The Morgan fingerprint density at radius 2 is 2.13 bits per heavy atom. The average molecular weight is 439 g/mol. The van der Waals surface area contributed by atoms with Gasteiger partial charge in [0.2, 0.25) is 0 Å². The number of carbonyl (C=O) groups excluding carboxylic acids is 1. The van der Waals surface area contributed by atoms with Crippen LogP contribution >= 0.6 is 45.2 Å². The van der Waals surface area contributed by atoms with E-state index in [1.54, 1.807) is 22.6 Å². The fraction of sp³-hybridized carbons (Fsp3) is 0.250. The molecule has 0 aliphatic carbocycles. The highest BCUT2D eigenvalue weighted by atomic mass is 127. The summed E-state index contributed by atoms with van der Waals surface area (Å²) in [6, 6.07) is 1.48. The van der Waals surface area contributed by atoms with Gasteiger partial charge in [0.1, 0.15) is 3.70 Å². The second-order valence-electron chi connectivity index (χ2n) is 2.48. The van der Waals surface area contributed by atoms with E-state index in [-0.39, 0.29) is 11.3 Å². The Labute approximate surface area is 112 Å². The number of pyridine rings is 1. The van der Waals surface area contributed by atoms with E-state index in [2.05, 4.69) is 9.72 Å². The van der Waals surface area contributed by atoms with Crippen molar-refractivity contribution in [3.8, 4) is 0 Å². The molecule has 0 spiro atoms. The van der Waals surface area contributed by atoms with Crippen LogP contribution in [0.4, 0.5) is 8.78 Å². The largest absolute Gasteiger partial charge is 0.464 e. The van der Waals surface area contributed by atoms with Crippen molar-refractivity contribution in [3.63, 3.8) is 0 Å². The summed E-state index contributed by atoms with van der Waals surface area (Å²) >= 11 is 3.60. The van der Waals surface area contributed by atoms with Crippen LogP contribution in [0.25, 0.3) is 0 Å². The molecule has 15 heavy (non-hydrogen) atoms. The molecule has 0 aliphatic heterocycles. The van der Waals surface area contributed by atoms with E-state index in [0.29, 0.717) is 7.27 Å². The lowest BCUT2D eigenvalue weighted by Gasteiger charge is -2.08. The first-order chi connectivity index (χ1) is 6.97. The molecule has 0 amide bonds. The van der Waals surface area contributed by atoms with Gasteiger partial charge in [-0.15, -0.1) is 0 Å². The van der Waals surface area contributed by atoms with Crippen molar-refractivity contribution in [2.45, 2.75) is 6.43 Å². The number of nitrogens with zero attached hydrogens (tertiary/aromatic N) is 1. The summed E-state index contributed by atoms with van der Waals surface area (Å²) in [5.41, 5.74) is -0.688. The van der Waals surface area contributed by atoms with Crippen molar-refractivity contribution < 1.29 is 18.3 Å². The minimum atomic E-state index is -2.74. The predicted molar refractivity (Wildman–Crippen MR) is 66.0 cm³/mol. The van der Waals surface area contributed by atoms with Gasteiger partial charge in [0.15, 0.2) is 5.69 Å². The molecular weight excluding hydrogens is 434 g/mol. The molecule has 0 radical (unpaired) electrons. The molecule has 0 saturated carbocycles. The monoisotopic (exact) mass is 439 g/mol.